The predicted molar refractivity (Wildman–Crippen MR) is 73.1 cm³/mol. The van der Waals surface area contributed by atoms with E-state index >= 15 is 0 Å². The first kappa shape index (κ1) is 17.9. The summed E-state index contributed by atoms with van der Waals surface area (Å²) in [5.41, 5.74) is 0. The minimum Gasteiger partial charge on any atom is -0.237 e. The summed E-state index contributed by atoms with van der Waals surface area (Å²) in [5.74, 6) is 0. The first-order valence-electron chi connectivity index (χ1n) is 7.24. The van der Waals surface area contributed by atoms with E-state index in [4.69, 9.17) is 9.78 Å². The molecule has 1 saturated heterocycles. The van der Waals surface area contributed by atoms with Crippen molar-refractivity contribution in [1.82, 2.24) is 0 Å². The Labute approximate surface area is 129 Å². The Morgan fingerprint density at radius 2 is 0.588 bits per heavy atom. The molecular formula is C14H28NaO2. The van der Waals surface area contributed by atoms with Crippen LogP contribution < -0.4 is 0 Å². The minimum atomic E-state index is 0. The van der Waals surface area contributed by atoms with Gasteiger partial charge >= 0.3 is 0 Å². The zero-order chi connectivity index (χ0) is 11.3. The van der Waals surface area contributed by atoms with Crippen LogP contribution in [0.2, 0.25) is 0 Å². The topological polar surface area (TPSA) is 18.5 Å². The van der Waals surface area contributed by atoms with Crippen LogP contribution in [0.5, 0.6) is 0 Å². The van der Waals surface area contributed by atoms with E-state index in [0.29, 0.717) is 0 Å². The maximum atomic E-state index is 5.13. The van der Waals surface area contributed by atoms with Gasteiger partial charge in [-0.3, -0.25) is 0 Å². The van der Waals surface area contributed by atoms with Crippen LogP contribution >= 0.6 is 0 Å². The summed E-state index contributed by atoms with van der Waals surface area (Å²) in [7, 11) is 0. The standard InChI is InChI=1S/C14H28O2.Na/c1-2-4-6-8-10-12-14-16-15-13-11-9-7-5-3-1;/h1-14H2;. The fourth-order valence-electron chi connectivity index (χ4n) is 2.21. The van der Waals surface area contributed by atoms with E-state index in [1.807, 2.05) is 0 Å². The number of hydrogen-bond donors (Lipinski definition) is 0. The second kappa shape index (κ2) is 15.0. The van der Waals surface area contributed by atoms with Crippen LogP contribution in [0.3, 0.4) is 0 Å². The Morgan fingerprint density at radius 1 is 0.353 bits per heavy atom. The van der Waals surface area contributed by atoms with Crippen molar-refractivity contribution in [2.75, 3.05) is 13.2 Å². The minimum absolute atomic E-state index is 0. The van der Waals surface area contributed by atoms with Crippen molar-refractivity contribution < 1.29 is 9.78 Å². The molecule has 0 amide bonds. The molecule has 0 atom stereocenters. The van der Waals surface area contributed by atoms with Gasteiger partial charge in [0.05, 0.1) is 13.2 Å². The Balaban J connectivity index is 0.00000256. The first-order chi connectivity index (χ1) is 8.00. The number of rotatable bonds is 0. The van der Waals surface area contributed by atoms with Crippen molar-refractivity contribution >= 4 is 29.6 Å². The molecule has 97 valence electrons. The van der Waals surface area contributed by atoms with Gasteiger partial charge in [0.1, 0.15) is 0 Å². The zero-order valence-corrected chi connectivity index (χ0v) is 13.7. The smallest absolute Gasteiger partial charge is 0.0822 e. The van der Waals surface area contributed by atoms with E-state index in [1.165, 1.54) is 64.2 Å². The summed E-state index contributed by atoms with van der Waals surface area (Å²) < 4.78 is 0. The fourth-order valence-corrected chi connectivity index (χ4v) is 2.21. The molecule has 1 radical (unpaired) electrons. The van der Waals surface area contributed by atoms with Gasteiger partial charge in [-0.2, -0.15) is 0 Å². The van der Waals surface area contributed by atoms with Crippen molar-refractivity contribution in [2.24, 2.45) is 0 Å². The molecule has 0 aromatic heterocycles. The summed E-state index contributed by atoms with van der Waals surface area (Å²) in [4.78, 5) is 10.3. The Morgan fingerprint density at radius 3 is 0.882 bits per heavy atom. The fraction of sp³-hybridized carbons (Fsp3) is 1.00. The summed E-state index contributed by atoms with van der Waals surface area (Å²) in [5, 5.41) is 0. The summed E-state index contributed by atoms with van der Waals surface area (Å²) >= 11 is 0. The van der Waals surface area contributed by atoms with Crippen molar-refractivity contribution in [2.45, 2.75) is 77.0 Å². The van der Waals surface area contributed by atoms with Gasteiger partial charge in [0.25, 0.3) is 0 Å². The molecule has 1 fully saturated rings. The molecule has 0 aromatic rings. The molecule has 0 aromatic carbocycles. The molecule has 1 aliphatic heterocycles. The van der Waals surface area contributed by atoms with Crippen molar-refractivity contribution in [3.05, 3.63) is 0 Å². The molecule has 0 N–H and O–H groups in total. The third-order valence-corrected chi connectivity index (χ3v) is 3.29. The van der Waals surface area contributed by atoms with Gasteiger partial charge in [0, 0.05) is 29.6 Å². The molecule has 0 aliphatic carbocycles. The quantitative estimate of drug-likeness (QED) is 0.473. The average molecular weight is 251 g/mol. The van der Waals surface area contributed by atoms with Gasteiger partial charge in [0.15, 0.2) is 0 Å². The maximum absolute atomic E-state index is 5.13. The van der Waals surface area contributed by atoms with Gasteiger partial charge in [0.2, 0.25) is 0 Å². The molecule has 0 unspecified atom stereocenters. The normalized spacial score (nSPS) is 22.6. The van der Waals surface area contributed by atoms with Crippen LogP contribution in [0.15, 0.2) is 0 Å². The molecule has 17 heavy (non-hydrogen) atoms. The first-order valence-corrected chi connectivity index (χ1v) is 7.24. The van der Waals surface area contributed by atoms with Crippen LogP contribution in [0, 0.1) is 0 Å². The van der Waals surface area contributed by atoms with Crippen LogP contribution in [-0.4, -0.2) is 42.8 Å². The van der Waals surface area contributed by atoms with Crippen LogP contribution in [-0.2, 0) is 9.78 Å². The molecular weight excluding hydrogens is 223 g/mol. The second-order valence-electron chi connectivity index (χ2n) is 4.89. The third kappa shape index (κ3) is 13.2. The van der Waals surface area contributed by atoms with E-state index in [-0.39, 0.29) is 29.6 Å². The monoisotopic (exact) mass is 251 g/mol. The van der Waals surface area contributed by atoms with Gasteiger partial charge in [-0.1, -0.05) is 64.2 Å². The Hall–Kier alpha value is 0.920. The van der Waals surface area contributed by atoms with E-state index in [2.05, 4.69) is 0 Å². The van der Waals surface area contributed by atoms with Gasteiger partial charge in [-0.15, -0.1) is 0 Å². The van der Waals surface area contributed by atoms with E-state index in [0.717, 1.165) is 26.1 Å². The van der Waals surface area contributed by atoms with Crippen LogP contribution in [0.1, 0.15) is 77.0 Å². The molecule has 1 rings (SSSR count). The SMILES string of the molecule is C1CCCCCCCOOCCCCCC1.[Na]. The number of hydrogen-bond acceptors (Lipinski definition) is 2. The van der Waals surface area contributed by atoms with E-state index in [1.54, 1.807) is 0 Å². The molecule has 1 aliphatic rings. The van der Waals surface area contributed by atoms with Crippen molar-refractivity contribution in [1.29, 1.82) is 0 Å². The average Bonchev–Trinajstić information content (AvgIpc) is 2.29. The summed E-state index contributed by atoms with van der Waals surface area (Å²) in [6.07, 6.45) is 16.2. The van der Waals surface area contributed by atoms with Crippen LogP contribution in [0.4, 0.5) is 0 Å². The molecule has 3 heteroatoms. The largest absolute Gasteiger partial charge is 0.237 e. The maximum Gasteiger partial charge on any atom is 0.0822 e. The van der Waals surface area contributed by atoms with Crippen molar-refractivity contribution in [3.63, 3.8) is 0 Å². The summed E-state index contributed by atoms with van der Waals surface area (Å²) in [6, 6.07) is 0. The van der Waals surface area contributed by atoms with E-state index in [9.17, 15) is 0 Å². The predicted octanol–water partition coefficient (Wildman–Crippen LogP) is 4.25. The molecule has 1 heterocycles. The second-order valence-corrected chi connectivity index (χ2v) is 4.89. The Bertz CT molecular complexity index is 78.2. The molecule has 0 bridgehead atoms. The van der Waals surface area contributed by atoms with Crippen LogP contribution in [0.25, 0.3) is 0 Å². The van der Waals surface area contributed by atoms with Crippen molar-refractivity contribution in [3.8, 4) is 0 Å². The van der Waals surface area contributed by atoms with Gasteiger partial charge in [-0.25, -0.2) is 9.78 Å². The molecule has 0 saturated carbocycles. The van der Waals surface area contributed by atoms with Gasteiger partial charge < -0.3 is 0 Å². The molecule has 2 nitrogen and oxygen atoms in total. The molecule has 0 spiro atoms. The zero-order valence-electron chi connectivity index (χ0n) is 11.7. The van der Waals surface area contributed by atoms with Gasteiger partial charge in [-0.05, 0) is 12.8 Å². The van der Waals surface area contributed by atoms with E-state index < -0.39 is 0 Å². The summed E-state index contributed by atoms with van der Waals surface area (Å²) in [6.45, 7) is 1.56. The third-order valence-electron chi connectivity index (χ3n) is 3.29. The Kier molecular flexibility index (Phi) is 15.8.